The van der Waals surface area contributed by atoms with Gasteiger partial charge in [0.15, 0.2) is 0 Å². The second-order valence-electron chi connectivity index (χ2n) is 6.80. The Labute approximate surface area is 154 Å². The molecule has 2 N–H and O–H groups in total. The first kappa shape index (κ1) is 19.0. The third-order valence-corrected chi connectivity index (χ3v) is 4.48. The highest BCUT2D eigenvalue weighted by molar-refractivity contribution is 6.16. The van der Waals surface area contributed by atoms with Crippen molar-refractivity contribution in [2.45, 2.75) is 38.5 Å². The number of aromatic nitrogens is 2. The largest absolute Gasteiger partial charge is 0.372 e. The average molecular weight is 378 g/mol. The van der Waals surface area contributed by atoms with Crippen LogP contribution in [0.5, 0.6) is 0 Å². The Balaban J connectivity index is 1.70. The lowest BCUT2D eigenvalue weighted by atomic mass is 10.0. The maximum atomic E-state index is 13.2. The Morgan fingerprint density at radius 3 is 2.59 bits per heavy atom. The van der Waals surface area contributed by atoms with Crippen LogP contribution in [0.1, 0.15) is 31.9 Å². The maximum absolute atomic E-state index is 13.2. The summed E-state index contributed by atoms with van der Waals surface area (Å²) in [4.78, 5) is 26.3. The van der Waals surface area contributed by atoms with Gasteiger partial charge in [-0.3, -0.25) is 14.3 Å². The van der Waals surface area contributed by atoms with Gasteiger partial charge in [0.2, 0.25) is 5.60 Å². The highest BCUT2D eigenvalue weighted by Gasteiger charge is 2.51. The van der Waals surface area contributed by atoms with E-state index in [1.807, 2.05) is 13.8 Å². The van der Waals surface area contributed by atoms with E-state index in [0.29, 0.717) is 11.8 Å². The van der Waals surface area contributed by atoms with E-state index in [4.69, 9.17) is 0 Å². The molecule has 1 aliphatic rings. The zero-order valence-corrected chi connectivity index (χ0v) is 14.9. The molecule has 0 saturated carbocycles. The molecule has 1 atom stereocenters. The van der Waals surface area contributed by atoms with Crippen molar-refractivity contribution in [3.05, 3.63) is 47.8 Å². The van der Waals surface area contributed by atoms with E-state index in [1.54, 1.807) is 10.9 Å². The second kappa shape index (κ2) is 7.07. The Kier molecular flexibility index (Phi) is 4.97. The van der Waals surface area contributed by atoms with Gasteiger partial charge in [-0.15, -0.1) is 0 Å². The molecule has 0 spiro atoms. The van der Waals surface area contributed by atoms with E-state index >= 15 is 0 Å². The Bertz CT molecular complexity index is 863. The summed E-state index contributed by atoms with van der Waals surface area (Å²) < 4.78 is 28.1. The first-order valence-electron chi connectivity index (χ1n) is 8.52. The fraction of sp³-hybridized carbons (Fsp3) is 0.389. The Morgan fingerprint density at radius 1 is 1.33 bits per heavy atom. The molecule has 1 aromatic heterocycles. The van der Waals surface area contributed by atoms with Gasteiger partial charge in [-0.1, -0.05) is 0 Å². The smallest absolute Gasteiger partial charge is 0.268 e. The molecule has 27 heavy (non-hydrogen) atoms. The summed E-state index contributed by atoms with van der Waals surface area (Å²) >= 11 is 0. The van der Waals surface area contributed by atoms with Gasteiger partial charge in [-0.25, -0.2) is 8.78 Å². The first-order valence-corrected chi connectivity index (χ1v) is 8.52. The van der Waals surface area contributed by atoms with Gasteiger partial charge >= 0.3 is 0 Å². The van der Waals surface area contributed by atoms with Crippen LogP contribution < -0.4 is 10.2 Å². The maximum Gasteiger partial charge on any atom is 0.268 e. The predicted octanol–water partition coefficient (Wildman–Crippen LogP) is 1.53. The molecule has 9 heteroatoms. The zero-order chi connectivity index (χ0) is 19.8. The average Bonchev–Trinajstić information content (AvgIpc) is 3.18. The molecule has 144 valence electrons. The van der Waals surface area contributed by atoms with Gasteiger partial charge in [-0.2, -0.15) is 5.10 Å². The van der Waals surface area contributed by atoms with E-state index in [-0.39, 0.29) is 31.1 Å². The normalized spacial score (nSPS) is 19.8. The third-order valence-electron chi connectivity index (χ3n) is 4.48. The standard InChI is InChI=1S/C18H20F2N4O3/c1-11(2)24-10-15(9-22-24)23-4-3-18(27,17(23)26)16(25)21-8-12-5-13(19)7-14(20)6-12/h5-7,9-11,27H,3-4,8H2,1-2H3,(H,21,25)/t18-/m0/s1. The molecule has 1 aromatic carbocycles. The summed E-state index contributed by atoms with van der Waals surface area (Å²) in [5.74, 6) is -3.21. The van der Waals surface area contributed by atoms with Gasteiger partial charge in [-0.05, 0) is 31.5 Å². The summed E-state index contributed by atoms with van der Waals surface area (Å²) in [6.45, 7) is 3.80. The van der Waals surface area contributed by atoms with E-state index in [1.165, 1.54) is 11.1 Å². The van der Waals surface area contributed by atoms with Crippen LogP contribution in [-0.2, 0) is 16.1 Å². The van der Waals surface area contributed by atoms with E-state index in [9.17, 15) is 23.5 Å². The number of carbonyl (C=O) groups excluding carboxylic acids is 2. The summed E-state index contributed by atoms with van der Waals surface area (Å²) in [5, 5.41) is 17.1. The minimum Gasteiger partial charge on any atom is -0.372 e. The van der Waals surface area contributed by atoms with Crippen LogP contribution in [0.4, 0.5) is 14.5 Å². The SMILES string of the molecule is CC(C)n1cc(N2CC[C@](O)(C(=O)NCc3cc(F)cc(F)c3)C2=O)cn1. The van der Waals surface area contributed by atoms with Crippen molar-refractivity contribution >= 4 is 17.5 Å². The number of anilines is 1. The van der Waals surface area contributed by atoms with E-state index in [0.717, 1.165) is 12.1 Å². The second-order valence-corrected chi connectivity index (χ2v) is 6.80. The number of rotatable bonds is 5. The number of hydrogen-bond donors (Lipinski definition) is 2. The molecular formula is C18H20F2N4O3. The quantitative estimate of drug-likeness (QED) is 0.773. The molecule has 2 amide bonds. The van der Waals surface area contributed by atoms with Crippen LogP contribution in [0.3, 0.4) is 0 Å². The molecule has 1 aliphatic heterocycles. The molecule has 1 saturated heterocycles. The van der Waals surface area contributed by atoms with Crippen LogP contribution in [0.25, 0.3) is 0 Å². The number of nitrogens with zero attached hydrogens (tertiary/aromatic N) is 3. The minimum atomic E-state index is -2.23. The van der Waals surface area contributed by atoms with Gasteiger partial charge in [0.05, 0.1) is 11.9 Å². The lowest BCUT2D eigenvalue weighted by Crippen LogP contribution is -2.52. The van der Waals surface area contributed by atoms with Crippen molar-refractivity contribution in [3.8, 4) is 0 Å². The van der Waals surface area contributed by atoms with Crippen molar-refractivity contribution in [2.24, 2.45) is 0 Å². The molecule has 1 fully saturated rings. The lowest BCUT2D eigenvalue weighted by molar-refractivity contribution is -0.149. The molecule has 0 bridgehead atoms. The number of benzene rings is 1. The van der Waals surface area contributed by atoms with Gasteiger partial charge in [0.25, 0.3) is 11.8 Å². The number of amides is 2. The van der Waals surface area contributed by atoms with Crippen LogP contribution in [0.2, 0.25) is 0 Å². The highest BCUT2D eigenvalue weighted by atomic mass is 19.1. The summed E-state index contributed by atoms with van der Waals surface area (Å²) in [6.07, 6.45) is 3.07. The van der Waals surface area contributed by atoms with E-state index < -0.39 is 29.0 Å². The van der Waals surface area contributed by atoms with Crippen LogP contribution in [0.15, 0.2) is 30.6 Å². The van der Waals surface area contributed by atoms with Crippen LogP contribution in [-0.4, -0.2) is 38.8 Å². The van der Waals surface area contributed by atoms with Gasteiger partial charge in [0.1, 0.15) is 11.6 Å². The fourth-order valence-corrected chi connectivity index (χ4v) is 2.95. The molecular weight excluding hydrogens is 358 g/mol. The Hall–Kier alpha value is -2.81. The number of carbonyl (C=O) groups is 2. The molecule has 2 heterocycles. The molecule has 2 aromatic rings. The van der Waals surface area contributed by atoms with Gasteiger partial charge < -0.3 is 15.3 Å². The van der Waals surface area contributed by atoms with Crippen LogP contribution in [0, 0.1) is 11.6 Å². The highest BCUT2D eigenvalue weighted by Crippen LogP contribution is 2.29. The van der Waals surface area contributed by atoms with Crippen molar-refractivity contribution in [1.82, 2.24) is 15.1 Å². The number of aliphatic hydroxyl groups is 1. The molecule has 0 unspecified atom stereocenters. The zero-order valence-electron chi connectivity index (χ0n) is 14.9. The number of nitrogens with one attached hydrogen (secondary N) is 1. The van der Waals surface area contributed by atoms with Crippen molar-refractivity contribution in [3.63, 3.8) is 0 Å². The monoisotopic (exact) mass is 378 g/mol. The van der Waals surface area contributed by atoms with Crippen LogP contribution >= 0.6 is 0 Å². The molecule has 0 radical (unpaired) electrons. The predicted molar refractivity (Wildman–Crippen MR) is 92.7 cm³/mol. The van der Waals surface area contributed by atoms with Crippen molar-refractivity contribution in [1.29, 1.82) is 0 Å². The van der Waals surface area contributed by atoms with E-state index in [2.05, 4.69) is 10.4 Å². The van der Waals surface area contributed by atoms with Crippen molar-refractivity contribution in [2.75, 3.05) is 11.4 Å². The third kappa shape index (κ3) is 3.68. The summed E-state index contributed by atoms with van der Waals surface area (Å²) in [7, 11) is 0. The van der Waals surface area contributed by atoms with Gasteiger partial charge in [0, 0.05) is 37.8 Å². The lowest BCUT2D eigenvalue weighted by Gasteiger charge is -2.21. The summed E-state index contributed by atoms with van der Waals surface area (Å²) in [6, 6.07) is 2.95. The number of halogens is 2. The minimum absolute atomic E-state index is 0.0952. The topological polar surface area (TPSA) is 87.5 Å². The molecule has 7 nitrogen and oxygen atoms in total. The first-order chi connectivity index (χ1) is 12.7. The number of hydrogen-bond acceptors (Lipinski definition) is 4. The van der Waals surface area contributed by atoms with Crippen molar-refractivity contribution < 1.29 is 23.5 Å². The molecule has 3 rings (SSSR count). The molecule has 0 aliphatic carbocycles. The summed E-state index contributed by atoms with van der Waals surface area (Å²) in [5.41, 5.74) is -1.55. The fourth-order valence-electron chi connectivity index (χ4n) is 2.95. The Morgan fingerprint density at radius 2 is 2.00 bits per heavy atom.